The van der Waals surface area contributed by atoms with E-state index in [2.05, 4.69) is 4.98 Å². The molecule has 0 unspecified atom stereocenters. The minimum absolute atomic E-state index is 0.245. The number of carboxylic acid groups (broad SMARTS) is 1. The minimum Gasteiger partial charge on any atom is -0.478 e. The summed E-state index contributed by atoms with van der Waals surface area (Å²) in [6.45, 7) is 1.79. The first kappa shape index (κ1) is 9.45. The monoisotopic (exact) mass is 203 g/mol. The van der Waals surface area contributed by atoms with Crippen LogP contribution in [0.1, 0.15) is 16.1 Å². The molecule has 0 aliphatic rings. The molecule has 0 bridgehead atoms. The van der Waals surface area contributed by atoms with Crippen molar-refractivity contribution in [3.63, 3.8) is 0 Å². The maximum Gasteiger partial charge on any atom is 0.335 e. The lowest BCUT2D eigenvalue weighted by Crippen LogP contribution is -1.95. The van der Waals surface area contributed by atoms with Gasteiger partial charge in [-0.3, -0.25) is 0 Å². The smallest absolute Gasteiger partial charge is 0.335 e. The number of aromatic nitrogens is 1. The number of benzene rings is 1. The molecule has 0 aliphatic carbocycles. The second kappa shape index (κ2) is 3.57. The molecule has 0 aliphatic heterocycles. The highest BCUT2D eigenvalue weighted by atomic mass is 16.4. The van der Waals surface area contributed by atoms with Crippen molar-refractivity contribution < 1.29 is 14.3 Å². The van der Waals surface area contributed by atoms with Gasteiger partial charge in [-0.1, -0.05) is 12.1 Å². The van der Waals surface area contributed by atoms with Gasteiger partial charge in [0.25, 0.3) is 0 Å². The van der Waals surface area contributed by atoms with Crippen LogP contribution in [-0.2, 0) is 0 Å². The van der Waals surface area contributed by atoms with Gasteiger partial charge in [-0.25, -0.2) is 9.78 Å². The van der Waals surface area contributed by atoms with E-state index in [4.69, 9.17) is 9.52 Å². The van der Waals surface area contributed by atoms with Gasteiger partial charge in [-0.2, -0.15) is 0 Å². The van der Waals surface area contributed by atoms with Gasteiger partial charge >= 0.3 is 5.97 Å². The van der Waals surface area contributed by atoms with E-state index in [0.717, 1.165) is 5.56 Å². The Morgan fingerprint density at radius 2 is 2.27 bits per heavy atom. The topological polar surface area (TPSA) is 63.3 Å². The van der Waals surface area contributed by atoms with Gasteiger partial charge in [0.1, 0.15) is 11.5 Å². The second-order valence-electron chi connectivity index (χ2n) is 3.14. The number of nitrogens with zero attached hydrogens (tertiary/aromatic N) is 1. The first-order valence-corrected chi connectivity index (χ1v) is 4.42. The Bertz CT molecular complexity index is 502. The highest BCUT2D eigenvalue weighted by Gasteiger charge is 2.09. The molecule has 76 valence electrons. The quantitative estimate of drug-likeness (QED) is 0.813. The molecule has 1 heterocycles. The Hall–Kier alpha value is -2.10. The number of oxazole rings is 1. The number of carbonyl (C=O) groups is 1. The van der Waals surface area contributed by atoms with Crippen molar-refractivity contribution in [2.24, 2.45) is 0 Å². The molecule has 0 saturated heterocycles. The van der Waals surface area contributed by atoms with Gasteiger partial charge in [-0.05, 0) is 19.1 Å². The molecule has 1 aromatic heterocycles. The van der Waals surface area contributed by atoms with Crippen LogP contribution in [0.4, 0.5) is 0 Å². The zero-order valence-electron chi connectivity index (χ0n) is 8.10. The van der Waals surface area contributed by atoms with Crippen molar-refractivity contribution in [1.29, 1.82) is 0 Å². The van der Waals surface area contributed by atoms with Gasteiger partial charge in [0, 0.05) is 5.56 Å². The number of hydrogen-bond donors (Lipinski definition) is 1. The van der Waals surface area contributed by atoms with Crippen LogP contribution in [0.25, 0.3) is 11.3 Å². The largest absolute Gasteiger partial charge is 0.478 e. The Labute approximate surface area is 86.2 Å². The van der Waals surface area contributed by atoms with E-state index in [-0.39, 0.29) is 5.56 Å². The molecule has 0 radical (unpaired) electrons. The summed E-state index contributed by atoms with van der Waals surface area (Å²) in [5.41, 5.74) is 1.68. The number of hydrogen-bond acceptors (Lipinski definition) is 3. The van der Waals surface area contributed by atoms with Gasteiger partial charge in [0.15, 0.2) is 6.39 Å². The lowest BCUT2D eigenvalue weighted by atomic mass is 10.1. The Morgan fingerprint density at radius 1 is 1.47 bits per heavy atom. The summed E-state index contributed by atoms with van der Waals surface area (Å²) < 4.78 is 5.06. The normalized spacial score (nSPS) is 10.2. The molecule has 0 fully saturated rings. The standard InChI is InChI=1S/C11H9NO3/c1-7-10(12-6-15-7)8-3-2-4-9(5-8)11(13)14/h2-6H,1H3,(H,13,14). The van der Waals surface area contributed by atoms with Crippen LogP contribution in [0.2, 0.25) is 0 Å². The van der Waals surface area contributed by atoms with Gasteiger partial charge in [0.2, 0.25) is 0 Å². The van der Waals surface area contributed by atoms with Crippen molar-refractivity contribution in [2.75, 3.05) is 0 Å². The molecule has 0 spiro atoms. The number of aryl methyl sites for hydroxylation is 1. The third-order valence-corrected chi connectivity index (χ3v) is 2.13. The predicted octanol–water partition coefficient (Wildman–Crippen LogP) is 2.35. The SMILES string of the molecule is Cc1ocnc1-c1cccc(C(=O)O)c1. The van der Waals surface area contributed by atoms with Gasteiger partial charge in [-0.15, -0.1) is 0 Å². The first-order valence-electron chi connectivity index (χ1n) is 4.42. The number of aromatic carboxylic acids is 1. The fraction of sp³-hybridized carbons (Fsp3) is 0.0909. The van der Waals surface area contributed by atoms with E-state index in [1.807, 2.05) is 0 Å². The molecule has 0 saturated carbocycles. The highest BCUT2D eigenvalue weighted by Crippen LogP contribution is 2.22. The summed E-state index contributed by atoms with van der Waals surface area (Å²) in [4.78, 5) is 14.8. The maximum atomic E-state index is 10.8. The van der Waals surface area contributed by atoms with Crippen molar-refractivity contribution in [3.05, 3.63) is 42.0 Å². The molecular formula is C11H9NO3. The molecule has 4 heteroatoms. The fourth-order valence-electron chi connectivity index (χ4n) is 1.38. The summed E-state index contributed by atoms with van der Waals surface area (Å²) >= 11 is 0. The van der Waals surface area contributed by atoms with E-state index in [1.165, 1.54) is 6.39 Å². The summed E-state index contributed by atoms with van der Waals surface area (Å²) in [5.74, 6) is -0.268. The van der Waals surface area contributed by atoms with E-state index < -0.39 is 5.97 Å². The summed E-state index contributed by atoms with van der Waals surface area (Å²) in [5, 5.41) is 8.83. The second-order valence-corrected chi connectivity index (χ2v) is 3.14. The number of rotatable bonds is 2. The summed E-state index contributed by atoms with van der Waals surface area (Å²) in [7, 11) is 0. The van der Waals surface area contributed by atoms with Crippen LogP contribution in [0.3, 0.4) is 0 Å². The molecule has 1 N–H and O–H groups in total. The molecular weight excluding hydrogens is 194 g/mol. The van der Waals surface area contributed by atoms with Gasteiger partial charge in [0.05, 0.1) is 5.56 Å². The molecule has 2 aromatic rings. The van der Waals surface area contributed by atoms with Gasteiger partial charge < -0.3 is 9.52 Å². The molecule has 2 rings (SSSR count). The van der Waals surface area contributed by atoms with Crippen LogP contribution in [0.15, 0.2) is 35.1 Å². The van der Waals surface area contributed by atoms with E-state index in [0.29, 0.717) is 11.5 Å². The third-order valence-electron chi connectivity index (χ3n) is 2.13. The van der Waals surface area contributed by atoms with E-state index in [9.17, 15) is 4.79 Å². The Morgan fingerprint density at radius 3 is 2.87 bits per heavy atom. The molecule has 15 heavy (non-hydrogen) atoms. The fourth-order valence-corrected chi connectivity index (χ4v) is 1.38. The lowest BCUT2D eigenvalue weighted by Gasteiger charge is -1.99. The average Bonchev–Trinajstić information content (AvgIpc) is 2.64. The third kappa shape index (κ3) is 1.74. The Kier molecular flexibility index (Phi) is 2.25. The predicted molar refractivity (Wildman–Crippen MR) is 53.6 cm³/mol. The molecule has 0 atom stereocenters. The van der Waals surface area contributed by atoms with E-state index in [1.54, 1.807) is 31.2 Å². The van der Waals surface area contributed by atoms with E-state index >= 15 is 0 Å². The van der Waals surface area contributed by atoms with Crippen LogP contribution < -0.4 is 0 Å². The van der Waals surface area contributed by atoms with Crippen molar-refractivity contribution >= 4 is 5.97 Å². The summed E-state index contributed by atoms with van der Waals surface area (Å²) in [6.07, 6.45) is 1.35. The molecule has 0 amide bonds. The number of carboxylic acids is 1. The molecule has 1 aromatic carbocycles. The minimum atomic E-state index is -0.946. The first-order chi connectivity index (χ1) is 7.18. The highest BCUT2D eigenvalue weighted by molar-refractivity contribution is 5.89. The zero-order valence-corrected chi connectivity index (χ0v) is 8.10. The van der Waals surface area contributed by atoms with Crippen molar-refractivity contribution in [1.82, 2.24) is 4.98 Å². The van der Waals surface area contributed by atoms with Crippen LogP contribution in [0, 0.1) is 6.92 Å². The molecule has 4 nitrogen and oxygen atoms in total. The van der Waals surface area contributed by atoms with Crippen LogP contribution >= 0.6 is 0 Å². The van der Waals surface area contributed by atoms with Crippen LogP contribution in [-0.4, -0.2) is 16.1 Å². The summed E-state index contributed by atoms with van der Waals surface area (Å²) in [6, 6.07) is 6.61. The lowest BCUT2D eigenvalue weighted by molar-refractivity contribution is 0.0697. The van der Waals surface area contributed by atoms with Crippen molar-refractivity contribution in [3.8, 4) is 11.3 Å². The average molecular weight is 203 g/mol. The zero-order chi connectivity index (χ0) is 10.8. The maximum absolute atomic E-state index is 10.8. The van der Waals surface area contributed by atoms with Crippen molar-refractivity contribution in [2.45, 2.75) is 6.92 Å². The van der Waals surface area contributed by atoms with Crippen LogP contribution in [0.5, 0.6) is 0 Å². The Balaban J connectivity index is 2.50.